The minimum Gasteiger partial charge on any atom is -0.444 e. The molecule has 6 nitrogen and oxygen atoms in total. The monoisotopic (exact) mass is 452 g/mol. The lowest BCUT2D eigenvalue weighted by atomic mass is 9.87. The first-order valence-electron chi connectivity index (χ1n) is 11.6. The molecule has 178 valence electrons. The van der Waals surface area contributed by atoms with Crippen LogP contribution in [-0.4, -0.2) is 41.7 Å². The van der Waals surface area contributed by atoms with Crippen LogP contribution in [0.5, 0.6) is 0 Å². The summed E-state index contributed by atoms with van der Waals surface area (Å²) in [7, 11) is 1.59. The molecule has 2 aromatic carbocycles. The molecule has 0 bridgehead atoms. The molecule has 0 aliphatic heterocycles. The van der Waals surface area contributed by atoms with Gasteiger partial charge in [0.05, 0.1) is 18.8 Å². The fourth-order valence-corrected chi connectivity index (χ4v) is 4.21. The van der Waals surface area contributed by atoms with E-state index in [0.29, 0.717) is 6.61 Å². The van der Waals surface area contributed by atoms with Crippen LogP contribution in [0, 0.1) is 0 Å². The average molecular weight is 453 g/mol. The summed E-state index contributed by atoms with van der Waals surface area (Å²) < 4.78 is 11.6. The molecule has 3 unspecified atom stereocenters. The Kier molecular flexibility index (Phi) is 8.14. The van der Waals surface area contributed by atoms with Crippen molar-refractivity contribution in [3.05, 3.63) is 71.3 Å². The van der Waals surface area contributed by atoms with Gasteiger partial charge in [-0.3, -0.25) is 9.69 Å². The summed E-state index contributed by atoms with van der Waals surface area (Å²) in [5.74, 6) is -0.245. The van der Waals surface area contributed by atoms with E-state index in [4.69, 9.17) is 9.47 Å². The van der Waals surface area contributed by atoms with E-state index >= 15 is 0 Å². The number of nitrogens with zero attached hydrogens (tertiary/aromatic N) is 1. The van der Waals surface area contributed by atoms with Crippen molar-refractivity contribution in [2.24, 2.45) is 0 Å². The molecule has 0 fully saturated rings. The Morgan fingerprint density at radius 2 is 1.76 bits per heavy atom. The Balaban J connectivity index is 1.78. The quantitative estimate of drug-likeness (QED) is 0.640. The maximum absolute atomic E-state index is 13.5. The second-order valence-electron chi connectivity index (χ2n) is 9.69. The molecule has 33 heavy (non-hydrogen) atoms. The fourth-order valence-electron chi connectivity index (χ4n) is 4.21. The number of aryl methyl sites for hydroxylation is 1. The Labute approximate surface area is 197 Å². The number of carbonyl (C=O) groups is 2. The molecule has 0 saturated heterocycles. The number of amides is 2. The van der Waals surface area contributed by atoms with Crippen molar-refractivity contribution in [1.29, 1.82) is 0 Å². The van der Waals surface area contributed by atoms with Crippen LogP contribution < -0.4 is 5.32 Å². The summed E-state index contributed by atoms with van der Waals surface area (Å²) >= 11 is 0. The zero-order valence-electron chi connectivity index (χ0n) is 20.3. The van der Waals surface area contributed by atoms with E-state index in [1.807, 2.05) is 70.2 Å². The number of likely N-dealkylation sites (N-methyl/N-ethyl adjacent to an activating group) is 1. The first-order valence-corrected chi connectivity index (χ1v) is 11.6. The van der Waals surface area contributed by atoms with Crippen LogP contribution in [0.1, 0.15) is 63.3 Å². The third kappa shape index (κ3) is 6.81. The molecule has 2 amide bonds. The lowest BCUT2D eigenvalue weighted by Crippen LogP contribution is -2.55. The van der Waals surface area contributed by atoms with Crippen molar-refractivity contribution in [2.75, 3.05) is 7.05 Å². The van der Waals surface area contributed by atoms with Gasteiger partial charge in [0.25, 0.3) is 0 Å². The Bertz CT molecular complexity index is 939. The molecule has 2 aromatic rings. The van der Waals surface area contributed by atoms with Crippen LogP contribution in [0.25, 0.3) is 0 Å². The highest BCUT2D eigenvalue weighted by Crippen LogP contribution is 2.30. The van der Waals surface area contributed by atoms with Gasteiger partial charge in [0.1, 0.15) is 11.6 Å². The second-order valence-corrected chi connectivity index (χ2v) is 9.69. The first-order chi connectivity index (χ1) is 15.7. The fraction of sp³-hybridized carbons (Fsp3) is 0.481. The standard InChI is InChI=1S/C27H36N2O4/c1-19(32-18-20-12-7-6-8-13-20)24(29(5)26(31)33-27(2,3)4)25(30)28-23-17-11-15-21-14-9-10-16-22(21)23/h6-10,12-14,16,19,23-24H,11,15,17-18H2,1-5H3,(H,28,30). The van der Waals surface area contributed by atoms with Gasteiger partial charge in [0.2, 0.25) is 5.91 Å². The van der Waals surface area contributed by atoms with Crippen molar-refractivity contribution in [3.8, 4) is 0 Å². The van der Waals surface area contributed by atoms with Crippen molar-refractivity contribution in [3.63, 3.8) is 0 Å². The van der Waals surface area contributed by atoms with Crippen molar-refractivity contribution in [1.82, 2.24) is 10.2 Å². The first kappa shape index (κ1) is 24.8. The Morgan fingerprint density at radius 1 is 1.09 bits per heavy atom. The Hall–Kier alpha value is -2.86. The summed E-state index contributed by atoms with van der Waals surface area (Å²) in [6.07, 6.45) is 1.79. The van der Waals surface area contributed by atoms with E-state index in [2.05, 4.69) is 17.4 Å². The maximum Gasteiger partial charge on any atom is 0.410 e. The normalized spacial score (nSPS) is 17.4. The lowest BCUT2D eigenvalue weighted by Gasteiger charge is -2.35. The topological polar surface area (TPSA) is 67.9 Å². The van der Waals surface area contributed by atoms with Crippen LogP contribution in [0.4, 0.5) is 4.79 Å². The molecule has 1 aliphatic carbocycles. The number of rotatable bonds is 7. The van der Waals surface area contributed by atoms with E-state index in [1.54, 1.807) is 7.05 Å². The predicted molar refractivity (Wildman–Crippen MR) is 129 cm³/mol. The van der Waals surface area contributed by atoms with Crippen LogP contribution >= 0.6 is 0 Å². The predicted octanol–water partition coefficient (Wildman–Crippen LogP) is 5.02. The van der Waals surface area contributed by atoms with Gasteiger partial charge in [-0.05, 0) is 63.6 Å². The summed E-state index contributed by atoms with van der Waals surface area (Å²) in [6, 6.07) is 17.1. The second kappa shape index (κ2) is 10.8. The highest BCUT2D eigenvalue weighted by molar-refractivity contribution is 5.86. The Morgan fingerprint density at radius 3 is 2.45 bits per heavy atom. The smallest absolute Gasteiger partial charge is 0.410 e. The number of ether oxygens (including phenoxy) is 2. The zero-order valence-corrected chi connectivity index (χ0v) is 20.3. The molecule has 0 radical (unpaired) electrons. The zero-order chi connectivity index (χ0) is 24.0. The summed E-state index contributed by atoms with van der Waals surface area (Å²) in [5, 5.41) is 3.18. The third-order valence-electron chi connectivity index (χ3n) is 5.85. The van der Waals surface area contributed by atoms with Crippen LogP contribution in [-0.2, 0) is 27.3 Å². The summed E-state index contributed by atoms with van der Waals surface area (Å²) in [6.45, 7) is 7.59. The van der Waals surface area contributed by atoms with Gasteiger partial charge in [-0.25, -0.2) is 4.79 Å². The molecule has 0 spiro atoms. The highest BCUT2D eigenvalue weighted by Gasteiger charge is 2.36. The van der Waals surface area contributed by atoms with Gasteiger partial charge in [0.15, 0.2) is 0 Å². The summed E-state index contributed by atoms with van der Waals surface area (Å²) in [4.78, 5) is 27.7. The number of benzene rings is 2. The van der Waals surface area contributed by atoms with Gasteiger partial charge >= 0.3 is 6.09 Å². The minimum absolute atomic E-state index is 0.0849. The number of hydrogen-bond donors (Lipinski definition) is 1. The summed E-state index contributed by atoms with van der Waals surface area (Å²) in [5.41, 5.74) is 2.75. The molecule has 3 atom stereocenters. The van der Waals surface area contributed by atoms with Crippen LogP contribution in [0.15, 0.2) is 54.6 Å². The van der Waals surface area contributed by atoms with E-state index in [-0.39, 0.29) is 11.9 Å². The van der Waals surface area contributed by atoms with Gasteiger partial charge in [-0.1, -0.05) is 54.6 Å². The molecule has 6 heteroatoms. The van der Waals surface area contributed by atoms with Gasteiger partial charge in [-0.2, -0.15) is 0 Å². The largest absolute Gasteiger partial charge is 0.444 e. The minimum atomic E-state index is -0.836. The number of carbonyl (C=O) groups excluding carboxylic acids is 2. The van der Waals surface area contributed by atoms with Crippen molar-refractivity contribution < 1.29 is 19.1 Å². The van der Waals surface area contributed by atoms with E-state index in [0.717, 1.165) is 30.4 Å². The molecule has 1 aliphatic rings. The van der Waals surface area contributed by atoms with E-state index in [9.17, 15) is 9.59 Å². The third-order valence-corrected chi connectivity index (χ3v) is 5.85. The molecule has 0 saturated carbocycles. The molecule has 1 N–H and O–H groups in total. The number of hydrogen-bond acceptors (Lipinski definition) is 4. The van der Waals surface area contributed by atoms with Gasteiger partial charge in [0, 0.05) is 7.05 Å². The molecule has 0 heterocycles. The number of fused-ring (bicyclic) bond motifs is 1. The van der Waals surface area contributed by atoms with Crippen LogP contribution in [0.3, 0.4) is 0 Å². The lowest BCUT2D eigenvalue weighted by molar-refractivity contribution is -0.132. The van der Waals surface area contributed by atoms with Crippen molar-refractivity contribution in [2.45, 2.75) is 77.4 Å². The van der Waals surface area contributed by atoms with E-state index < -0.39 is 23.8 Å². The van der Waals surface area contributed by atoms with E-state index in [1.165, 1.54) is 10.5 Å². The van der Waals surface area contributed by atoms with Crippen molar-refractivity contribution >= 4 is 12.0 Å². The average Bonchev–Trinajstić information content (AvgIpc) is 2.77. The SMILES string of the molecule is CC(OCc1ccccc1)C(C(=O)NC1CCCc2ccccc21)N(C)C(=O)OC(C)(C)C. The number of nitrogens with one attached hydrogen (secondary N) is 1. The molecule has 0 aromatic heterocycles. The van der Waals surface area contributed by atoms with Gasteiger partial charge < -0.3 is 14.8 Å². The maximum atomic E-state index is 13.5. The highest BCUT2D eigenvalue weighted by atomic mass is 16.6. The molecule has 3 rings (SSSR count). The van der Waals surface area contributed by atoms with Crippen LogP contribution in [0.2, 0.25) is 0 Å². The molecular weight excluding hydrogens is 416 g/mol. The molecular formula is C27H36N2O4. The van der Waals surface area contributed by atoms with Gasteiger partial charge in [-0.15, -0.1) is 0 Å².